The van der Waals surface area contributed by atoms with Crippen LogP contribution in [-0.4, -0.2) is 19.5 Å². The molecule has 2 nitrogen and oxygen atoms in total. The maximum absolute atomic E-state index is 9.75. The Kier molecular flexibility index (Phi) is 0.881. The van der Waals surface area contributed by atoms with Crippen LogP contribution in [0.5, 0.6) is 0 Å². The number of hydrogen-bond acceptors (Lipinski definition) is 1. The highest BCUT2D eigenvalue weighted by Gasteiger charge is 2.15. The summed E-state index contributed by atoms with van der Waals surface area (Å²) in [5.74, 6) is 0. The lowest BCUT2D eigenvalue weighted by atomic mass is 10.2. The Balaban J connectivity index is 2.16. The average molecular weight is 86.1 g/mol. The molecule has 1 aliphatic heterocycles. The predicted octanol–water partition coefficient (Wildman–Crippen LogP) is -1.57. The molecule has 0 bridgehead atoms. The van der Waals surface area contributed by atoms with Crippen molar-refractivity contribution in [2.75, 3.05) is 13.1 Å². The van der Waals surface area contributed by atoms with Crippen LogP contribution in [-0.2, 0) is 4.79 Å². The standard InChI is InChI=1S/C4H7NO/c6-4-5-2-1-3-5/h4H,1-3H2/p+1. The van der Waals surface area contributed by atoms with Crippen molar-refractivity contribution in [1.82, 2.24) is 0 Å². The maximum atomic E-state index is 9.75. The van der Waals surface area contributed by atoms with E-state index in [0.717, 1.165) is 24.4 Å². The van der Waals surface area contributed by atoms with Gasteiger partial charge in [-0.3, -0.25) is 4.90 Å². The second-order valence-electron chi connectivity index (χ2n) is 1.63. The molecule has 0 unspecified atom stereocenters. The lowest BCUT2D eigenvalue weighted by Crippen LogP contribution is -3.16. The van der Waals surface area contributed by atoms with E-state index >= 15 is 0 Å². The van der Waals surface area contributed by atoms with Crippen LogP contribution in [0, 0.1) is 0 Å². The van der Waals surface area contributed by atoms with Gasteiger partial charge in [-0.25, -0.2) is 4.79 Å². The third-order valence-corrected chi connectivity index (χ3v) is 1.16. The fourth-order valence-corrected chi connectivity index (χ4v) is 0.499. The zero-order chi connectivity index (χ0) is 4.41. The molecule has 0 aromatic carbocycles. The van der Waals surface area contributed by atoms with Crippen molar-refractivity contribution in [2.45, 2.75) is 6.42 Å². The Bertz CT molecular complexity index is 58.6. The first-order valence-electron chi connectivity index (χ1n) is 2.23. The van der Waals surface area contributed by atoms with Gasteiger partial charge in [0.2, 0.25) is 0 Å². The van der Waals surface area contributed by atoms with E-state index in [-0.39, 0.29) is 0 Å². The van der Waals surface area contributed by atoms with Crippen molar-refractivity contribution in [1.29, 1.82) is 0 Å². The van der Waals surface area contributed by atoms with Crippen molar-refractivity contribution >= 4 is 6.41 Å². The topological polar surface area (TPSA) is 21.5 Å². The molecule has 1 fully saturated rings. The second-order valence-corrected chi connectivity index (χ2v) is 1.63. The number of rotatable bonds is 1. The van der Waals surface area contributed by atoms with Crippen LogP contribution in [0.25, 0.3) is 0 Å². The van der Waals surface area contributed by atoms with E-state index in [2.05, 4.69) is 0 Å². The van der Waals surface area contributed by atoms with E-state index in [0.29, 0.717) is 0 Å². The molecule has 6 heavy (non-hydrogen) atoms. The van der Waals surface area contributed by atoms with Crippen LogP contribution >= 0.6 is 0 Å². The summed E-state index contributed by atoms with van der Waals surface area (Å²) in [6.45, 7) is 2.12. The number of amides is 1. The number of quaternary nitrogens is 1. The van der Waals surface area contributed by atoms with Crippen molar-refractivity contribution in [3.63, 3.8) is 0 Å². The van der Waals surface area contributed by atoms with Crippen LogP contribution in [0.3, 0.4) is 0 Å². The van der Waals surface area contributed by atoms with E-state index in [1.807, 2.05) is 0 Å². The molecule has 1 N–H and O–H groups in total. The van der Waals surface area contributed by atoms with Gasteiger partial charge in [0.05, 0.1) is 13.1 Å². The van der Waals surface area contributed by atoms with Crippen molar-refractivity contribution in [2.24, 2.45) is 0 Å². The molecule has 1 rings (SSSR count). The zero-order valence-corrected chi connectivity index (χ0v) is 3.61. The van der Waals surface area contributed by atoms with Crippen LogP contribution < -0.4 is 4.90 Å². The fraction of sp³-hybridized carbons (Fsp3) is 0.750. The van der Waals surface area contributed by atoms with Crippen LogP contribution in [0.2, 0.25) is 0 Å². The number of hydrogen-bond donors (Lipinski definition) is 1. The van der Waals surface area contributed by atoms with Gasteiger partial charge in [0.1, 0.15) is 0 Å². The highest BCUT2D eigenvalue weighted by molar-refractivity contribution is 5.34. The highest BCUT2D eigenvalue weighted by atomic mass is 16.1. The fourth-order valence-electron chi connectivity index (χ4n) is 0.499. The maximum Gasteiger partial charge on any atom is 0.299 e. The normalized spacial score (nSPS) is 22.7. The lowest BCUT2D eigenvalue weighted by Gasteiger charge is -2.18. The Labute approximate surface area is 36.7 Å². The van der Waals surface area contributed by atoms with E-state index in [9.17, 15) is 4.79 Å². The molecule has 2 heteroatoms. The smallest absolute Gasteiger partial charge is 0.274 e. The molecule has 1 heterocycles. The molecule has 34 valence electrons. The summed E-state index contributed by atoms with van der Waals surface area (Å²) in [6.07, 6.45) is 2.21. The summed E-state index contributed by atoms with van der Waals surface area (Å²) in [5.41, 5.74) is 0. The first-order chi connectivity index (χ1) is 2.93. The molecule has 0 saturated carbocycles. The van der Waals surface area contributed by atoms with E-state index in [4.69, 9.17) is 0 Å². The van der Waals surface area contributed by atoms with Crippen molar-refractivity contribution in [3.05, 3.63) is 0 Å². The molecule has 0 aliphatic carbocycles. The molecule has 0 aromatic rings. The Morgan fingerprint density at radius 3 is 2.17 bits per heavy atom. The van der Waals surface area contributed by atoms with Gasteiger partial charge >= 0.3 is 0 Å². The quantitative estimate of drug-likeness (QED) is 0.382. The van der Waals surface area contributed by atoms with E-state index < -0.39 is 0 Å². The largest absolute Gasteiger partial charge is 0.299 e. The minimum Gasteiger partial charge on any atom is -0.274 e. The minimum absolute atomic E-state index is 0.976. The Hall–Kier alpha value is -0.370. The molecule has 1 amide bonds. The third kappa shape index (κ3) is 0.431. The van der Waals surface area contributed by atoms with Crippen LogP contribution in [0.1, 0.15) is 6.42 Å². The van der Waals surface area contributed by atoms with E-state index in [1.165, 1.54) is 6.42 Å². The lowest BCUT2D eigenvalue weighted by molar-refractivity contribution is -0.853. The minimum atomic E-state index is 0.976. The molecule has 0 spiro atoms. The number of likely N-dealkylation sites (tertiary alicyclic amines) is 1. The predicted molar refractivity (Wildman–Crippen MR) is 21.4 cm³/mol. The van der Waals surface area contributed by atoms with Crippen molar-refractivity contribution in [3.8, 4) is 0 Å². The number of carbonyl (C=O) groups is 1. The molecular weight excluding hydrogens is 78.0 g/mol. The van der Waals surface area contributed by atoms with Gasteiger partial charge in [-0.05, 0) is 0 Å². The van der Waals surface area contributed by atoms with Gasteiger partial charge in [-0.1, -0.05) is 0 Å². The summed E-state index contributed by atoms with van der Waals surface area (Å²) in [4.78, 5) is 10.8. The Morgan fingerprint density at radius 1 is 1.50 bits per heavy atom. The summed E-state index contributed by atoms with van der Waals surface area (Å²) in [5, 5.41) is 0. The molecule has 1 aliphatic rings. The average Bonchev–Trinajstić information content (AvgIpc) is 1.31. The van der Waals surface area contributed by atoms with Crippen molar-refractivity contribution < 1.29 is 9.69 Å². The third-order valence-electron chi connectivity index (χ3n) is 1.16. The van der Waals surface area contributed by atoms with Crippen LogP contribution in [0.4, 0.5) is 0 Å². The molecule has 0 atom stereocenters. The zero-order valence-electron chi connectivity index (χ0n) is 3.61. The SMILES string of the molecule is O=C[NH+]1CCC1. The molecular formula is C4H8NO+. The molecule has 1 saturated heterocycles. The van der Waals surface area contributed by atoms with Gasteiger partial charge in [0.25, 0.3) is 6.41 Å². The summed E-state index contributed by atoms with van der Waals surface area (Å²) in [7, 11) is 0. The van der Waals surface area contributed by atoms with Crippen LogP contribution in [0.15, 0.2) is 0 Å². The summed E-state index contributed by atoms with van der Waals surface area (Å²) < 4.78 is 0. The first kappa shape index (κ1) is 3.81. The number of carbonyl (C=O) groups excluding carboxylic acids is 1. The molecule has 0 radical (unpaired) electrons. The van der Waals surface area contributed by atoms with Gasteiger partial charge in [-0.2, -0.15) is 0 Å². The van der Waals surface area contributed by atoms with Gasteiger partial charge in [-0.15, -0.1) is 0 Å². The first-order valence-corrected chi connectivity index (χ1v) is 2.23. The van der Waals surface area contributed by atoms with Gasteiger partial charge < -0.3 is 0 Å². The highest BCUT2D eigenvalue weighted by Crippen LogP contribution is 1.72. The monoisotopic (exact) mass is 86.1 g/mol. The van der Waals surface area contributed by atoms with Gasteiger partial charge in [0, 0.05) is 6.42 Å². The van der Waals surface area contributed by atoms with Gasteiger partial charge in [0.15, 0.2) is 0 Å². The second kappa shape index (κ2) is 1.39. The Morgan fingerprint density at radius 2 is 2.17 bits per heavy atom. The summed E-state index contributed by atoms with van der Waals surface area (Å²) in [6, 6.07) is 0. The summed E-state index contributed by atoms with van der Waals surface area (Å²) >= 11 is 0. The molecule has 0 aromatic heterocycles. The number of nitrogens with one attached hydrogen (secondary N) is 1. The van der Waals surface area contributed by atoms with E-state index in [1.54, 1.807) is 0 Å².